The van der Waals surface area contributed by atoms with Gasteiger partial charge in [0, 0.05) is 12.7 Å². The van der Waals surface area contributed by atoms with Crippen molar-refractivity contribution >= 4 is 6.03 Å². The third kappa shape index (κ3) is 3.81. The van der Waals surface area contributed by atoms with Crippen LogP contribution in [0.15, 0.2) is 43.4 Å². The van der Waals surface area contributed by atoms with E-state index in [-0.39, 0.29) is 6.03 Å². The second kappa shape index (κ2) is 6.88. The number of carbonyl (C=O) groups is 1. The van der Waals surface area contributed by atoms with Crippen LogP contribution in [0, 0.1) is 13.8 Å². The fraction of sp³-hybridized carbons (Fsp3) is 0.294. The zero-order valence-electron chi connectivity index (χ0n) is 12.6. The molecular formula is C17H21N3O. The molecule has 1 heterocycles. The van der Waals surface area contributed by atoms with E-state index in [4.69, 9.17) is 0 Å². The van der Waals surface area contributed by atoms with Crippen molar-refractivity contribution in [3.8, 4) is 0 Å². The quantitative estimate of drug-likeness (QED) is 0.857. The number of nitrogens with zero attached hydrogens (tertiary/aromatic N) is 2. The smallest absolute Gasteiger partial charge is 0.327 e. The van der Waals surface area contributed by atoms with Gasteiger partial charge in [-0.05, 0) is 43.4 Å². The summed E-state index contributed by atoms with van der Waals surface area (Å²) in [5.41, 5.74) is 4.90. The minimum atomic E-state index is -0.180. The van der Waals surface area contributed by atoms with Crippen LogP contribution in [0.2, 0.25) is 0 Å². The summed E-state index contributed by atoms with van der Waals surface area (Å²) in [5, 5.41) is 2.72. The third-order valence-corrected chi connectivity index (χ3v) is 3.64. The number of aromatic nitrogens is 2. The van der Waals surface area contributed by atoms with Gasteiger partial charge >= 0.3 is 6.03 Å². The van der Waals surface area contributed by atoms with Gasteiger partial charge in [-0.1, -0.05) is 24.3 Å². The molecule has 2 aromatic rings. The maximum atomic E-state index is 11.8. The summed E-state index contributed by atoms with van der Waals surface area (Å²) in [5.74, 6) is 0. The fourth-order valence-corrected chi connectivity index (χ4v) is 2.20. The highest BCUT2D eigenvalue weighted by molar-refractivity contribution is 5.76. The second-order valence-electron chi connectivity index (χ2n) is 5.11. The van der Waals surface area contributed by atoms with Crippen LogP contribution in [0.1, 0.15) is 22.4 Å². The van der Waals surface area contributed by atoms with Crippen LogP contribution >= 0.6 is 0 Å². The molecule has 0 unspecified atom stereocenters. The second-order valence-corrected chi connectivity index (χ2v) is 5.11. The molecule has 0 radical (unpaired) electrons. The largest absolute Gasteiger partial charge is 0.334 e. The molecule has 0 saturated carbocycles. The predicted molar refractivity (Wildman–Crippen MR) is 84.5 cm³/mol. The minimum Gasteiger partial charge on any atom is -0.334 e. The van der Waals surface area contributed by atoms with Crippen molar-refractivity contribution in [2.75, 3.05) is 6.54 Å². The van der Waals surface area contributed by atoms with E-state index in [0.717, 1.165) is 18.5 Å². The Kier molecular flexibility index (Phi) is 4.93. The molecular weight excluding hydrogens is 262 g/mol. The summed E-state index contributed by atoms with van der Waals surface area (Å²) in [7, 11) is 0. The molecule has 2 rings (SSSR count). The molecule has 0 bridgehead atoms. The molecule has 4 nitrogen and oxygen atoms in total. The highest BCUT2D eigenvalue weighted by Crippen LogP contribution is 2.14. The van der Waals surface area contributed by atoms with E-state index in [1.165, 1.54) is 21.3 Å². The molecule has 110 valence electrons. The molecule has 0 aliphatic heterocycles. The van der Waals surface area contributed by atoms with Gasteiger partial charge in [-0.3, -0.25) is 4.57 Å². The normalized spacial score (nSPS) is 10.4. The molecule has 4 heteroatoms. The molecule has 1 amide bonds. The zero-order valence-corrected chi connectivity index (χ0v) is 12.6. The van der Waals surface area contributed by atoms with Gasteiger partial charge in [0.2, 0.25) is 0 Å². The highest BCUT2D eigenvalue weighted by atomic mass is 16.2. The first kappa shape index (κ1) is 15.0. The van der Waals surface area contributed by atoms with E-state index in [2.05, 4.69) is 48.9 Å². The number of imidazole rings is 1. The van der Waals surface area contributed by atoms with E-state index < -0.39 is 0 Å². The van der Waals surface area contributed by atoms with Crippen molar-refractivity contribution < 1.29 is 4.79 Å². The molecule has 21 heavy (non-hydrogen) atoms. The number of hydrogen-bond donors (Lipinski definition) is 1. The Morgan fingerprint density at radius 2 is 2.19 bits per heavy atom. The van der Waals surface area contributed by atoms with Crippen molar-refractivity contribution in [1.29, 1.82) is 0 Å². The summed E-state index contributed by atoms with van der Waals surface area (Å²) >= 11 is 0. The fourth-order valence-electron chi connectivity index (χ4n) is 2.20. The third-order valence-electron chi connectivity index (χ3n) is 3.64. The molecule has 0 spiro atoms. The Labute approximate surface area is 125 Å². The Morgan fingerprint density at radius 1 is 1.38 bits per heavy atom. The summed E-state index contributed by atoms with van der Waals surface area (Å²) in [6.45, 7) is 8.29. The summed E-state index contributed by atoms with van der Waals surface area (Å²) < 4.78 is 1.47. The van der Waals surface area contributed by atoms with Gasteiger partial charge in [0.25, 0.3) is 0 Å². The van der Waals surface area contributed by atoms with Crippen molar-refractivity contribution in [2.45, 2.75) is 26.7 Å². The Morgan fingerprint density at radius 3 is 2.95 bits per heavy atom. The number of amides is 1. The lowest BCUT2D eigenvalue weighted by Crippen LogP contribution is -2.27. The number of rotatable bonds is 5. The first-order chi connectivity index (χ1) is 10.1. The van der Waals surface area contributed by atoms with Gasteiger partial charge < -0.3 is 5.32 Å². The van der Waals surface area contributed by atoms with Gasteiger partial charge in [-0.25, -0.2) is 9.78 Å². The minimum absolute atomic E-state index is 0.180. The highest BCUT2D eigenvalue weighted by Gasteiger charge is 2.07. The van der Waals surface area contributed by atoms with Crippen LogP contribution in [-0.4, -0.2) is 22.1 Å². The molecule has 0 aliphatic carbocycles. The first-order valence-electron chi connectivity index (χ1n) is 7.09. The Balaban J connectivity index is 1.98. The van der Waals surface area contributed by atoms with Crippen LogP contribution in [0.25, 0.3) is 0 Å². The lowest BCUT2D eigenvalue weighted by atomic mass is 9.99. The van der Waals surface area contributed by atoms with E-state index >= 15 is 0 Å². The maximum absolute atomic E-state index is 11.8. The number of aryl methyl sites for hydroxylation is 3. The molecule has 1 N–H and O–H groups in total. The van der Waals surface area contributed by atoms with Gasteiger partial charge in [0.05, 0.1) is 5.69 Å². The number of hydrogen-bond acceptors (Lipinski definition) is 2. The first-order valence-corrected chi connectivity index (χ1v) is 7.09. The lowest BCUT2D eigenvalue weighted by molar-refractivity contribution is 0.243. The van der Waals surface area contributed by atoms with Crippen molar-refractivity contribution in [3.05, 3.63) is 65.8 Å². The summed E-state index contributed by atoms with van der Waals surface area (Å²) in [6, 6.07) is 6.17. The van der Waals surface area contributed by atoms with Crippen LogP contribution in [0.5, 0.6) is 0 Å². The number of nitrogens with one attached hydrogen (secondary N) is 1. The average Bonchev–Trinajstić information content (AvgIpc) is 2.95. The van der Waals surface area contributed by atoms with Crippen molar-refractivity contribution in [3.63, 3.8) is 0 Å². The van der Waals surface area contributed by atoms with E-state index in [9.17, 15) is 4.79 Å². The maximum Gasteiger partial charge on any atom is 0.327 e. The average molecular weight is 283 g/mol. The van der Waals surface area contributed by atoms with Gasteiger partial charge in [0.15, 0.2) is 0 Å². The van der Waals surface area contributed by atoms with Gasteiger partial charge in [-0.2, -0.15) is 0 Å². The molecule has 1 aromatic carbocycles. The van der Waals surface area contributed by atoms with E-state index in [0.29, 0.717) is 6.54 Å². The van der Waals surface area contributed by atoms with E-state index in [1.807, 2.05) is 0 Å². The number of carbonyl (C=O) groups excluding carboxylic acids is 1. The number of benzene rings is 1. The Bertz CT molecular complexity index is 643. The molecule has 0 atom stereocenters. The van der Waals surface area contributed by atoms with Crippen molar-refractivity contribution in [2.24, 2.45) is 0 Å². The standard InChI is InChI=1S/C17H21N3O/c1-4-10-18-17(21)20-11-16(19-12-20)9-8-15-7-5-6-13(2)14(15)3/h4-7,11-12H,1,8-10H2,2-3H3,(H,18,21). The monoisotopic (exact) mass is 283 g/mol. The summed E-state index contributed by atoms with van der Waals surface area (Å²) in [4.78, 5) is 16.0. The summed E-state index contributed by atoms with van der Waals surface area (Å²) in [6.07, 6.45) is 6.74. The zero-order chi connectivity index (χ0) is 15.2. The van der Waals surface area contributed by atoms with Crippen LogP contribution in [0.3, 0.4) is 0 Å². The van der Waals surface area contributed by atoms with Crippen LogP contribution in [-0.2, 0) is 12.8 Å². The Hall–Kier alpha value is -2.36. The molecule has 0 fully saturated rings. The SMILES string of the molecule is C=CCNC(=O)n1cnc(CCc2cccc(C)c2C)c1. The van der Waals surface area contributed by atoms with Crippen LogP contribution in [0.4, 0.5) is 4.79 Å². The molecule has 0 saturated heterocycles. The van der Waals surface area contributed by atoms with Gasteiger partial charge in [0.1, 0.15) is 6.33 Å². The molecule has 1 aromatic heterocycles. The van der Waals surface area contributed by atoms with E-state index in [1.54, 1.807) is 18.6 Å². The van der Waals surface area contributed by atoms with Gasteiger partial charge in [-0.15, -0.1) is 6.58 Å². The topological polar surface area (TPSA) is 46.9 Å². The molecule has 0 aliphatic rings. The van der Waals surface area contributed by atoms with Crippen LogP contribution < -0.4 is 5.32 Å². The lowest BCUT2D eigenvalue weighted by Gasteiger charge is -2.07. The van der Waals surface area contributed by atoms with Crippen molar-refractivity contribution in [1.82, 2.24) is 14.9 Å². The predicted octanol–water partition coefficient (Wildman–Crippen LogP) is 3.03.